The second-order valence-electron chi connectivity index (χ2n) is 7.14. The highest BCUT2D eigenvalue weighted by Crippen LogP contribution is 2.41. The quantitative estimate of drug-likeness (QED) is 0.340. The van der Waals surface area contributed by atoms with E-state index in [-0.39, 0.29) is 5.41 Å². The predicted molar refractivity (Wildman–Crippen MR) is 95.7 cm³/mol. The molecule has 0 N–H and O–H groups in total. The van der Waals surface area contributed by atoms with Crippen LogP contribution in [0.5, 0.6) is 0 Å². The molecular weight excluding hydrogens is 300 g/mol. The molecule has 0 heterocycles. The lowest BCUT2D eigenvalue weighted by Gasteiger charge is -2.36. The number of carbonyl (C=O) groups excluding carboxylic acids is 2. The highest BCUT2D eigenvalue weighted by Gasteiger charge is 2.31. The highest BCUT2D eigenvalue weighted by molar-refractivity contribution is 6.40. The predicted octanol–water partition coefficient (Wildman–Crippen LogP) is 4.74. The summed E-state index contributed by atoms with van der Waals surface area (Å²) >= 11 is 0. The highest BCUT2D eigenvalue weighted by atomic mass is 16.5. The molecule has 2 unspecified atom stereocenters. The third-order valence-corrected chi connectivity index (χ3v) is 4.68. The van der Waals surface area contributed by atoms with Gasteiger partial charge >= 0.3 is 5.97 Å². The van der Waals surface area contributed by atoms with Crippen molar-refractivity contribution in [1.82, 2.24) is 0 Å². The van der Waals surface area contributed by atoms with Crippen LogP contribution in [0.4, 0.5) is 0 Å². The SMILES string of the molecule is CC1=CCCC(C)(C)C1C=CC(C)OC(=O)C(=O)c1ccccc1. The van der Waals surface area contributed by atoms with Gasteiger partial charge in [0.25, 0.3) is 5.78 Å². The van der Waals surface area contributed by atoms with Crippen LogP contribution in [0, 0.1) is 11.3 Å². The van der Waals surface area contributed by atoms with Crippen LogP contribution in [0.25, 0.3) is 0 Å². The van der Waals surface area contributed by atoms with Gasteiger partial charge in [-0.15, -0.1) is 0 Å². The van der Waals surface area contributed by atoms with Crippen LogP contribution in [0.3, 0.4) is 0 Å². The largest absolute Gasteiger partial charge is 0.452 e. The van der Waals surface area contributed by atoms with E-state index in [1.807, 2.05) is 6.08 Å². The fraction of sp³-hybridized carbons (Fsp3) is 0.429. The van der Waals surface area contributed by atoms with Gasteiger partial charge in [0.2, 0.25) is 0 Å². The van der Waals surface area contributed by atoms with Crippen molar-refractivity contribution in [1.29, 1.82) is 0 Å². The normalized spacial score (nSPS) is 21.2. The van der Waals surface area contributed by atoms with Gasteiger partial charge in [-0.1, -0.05) is 61.9 Å². The molecule has 0 saturated heterocycles. The lowest BCUT2D eigenvalue weighted by atomic mass is 9.68. The average molecular weight is 326 g/mol. The first-order chi connectivity index (χ1) is 11.3. The number of benzene rings is 1. The number of ether oxygens (including phenoxy) is 1. The molecule has 0 bridgehead atoms. The smallest absolute Gasteiger partial charge is 0.380 e. The Morgan fingerprint density at radius 1 is 1.25 bits per heavy atom. The summed E-state index contributed by atoms with van der Waals surface area (Å²) in [6, 6.07) is 8.48. The molecule has 2 rings (SSSR count). The Bertz CT molecular complexity index is 653. The molecule has 2 atom stereocenters. The maximum atomic E-state index is 12.0. The molecule has 0 fully saturated rings. The molecule has 0 radical (unpaired) electrons. The Morgan fingerprint density at radius 3 is 2.54 bits per heavy atom. The molecule has 3 heteroatoms. The van der Waals surface area contributed by atoms with E-state index in [4.69, 9.17) is 4.74 Å². The topological polar surface area (TPSA) is 43.4 Å². The van der Waals surface area contributed by atoms with Crippen LogP contribution in [0.1, 0.15) is 50.9 Å². The molecule has 1 aliphatic rings. The molecule has 0 aromatic heterocycles. The van der Waals surface area contributed by atoms with Crippen molar-refractivity contribution in [3.8, 4) is 0 Å². The molecule has 1 aromatic carbocycles. The Kier molecular flexibility index (Phi) is 5.76. The number of carbonyl (C=O) groups is 2. The zero-order valence-electron chi connectivity index (χ0n) is 14.9. The van der Waals surface area contributed by atoms with E-state index >= 15 is 0 Å². The fourth-order valence-electron chi connectivity index (χ4n) is 3.22. The number of hydrogen-bond donors (Lipinski definition) is 0. The van der Waals surface area contributed by atoms with Crippen molar-refractivity contribution in [3.63, 3.8) is 0 Å². The first-order valence-electron chi connectivity index (χ1n) is 8.46. The van der Waals surface area contributed by atoms with Gasteiger partial charge < -0.3 is 4.74 Å². The summed E-state index contributed by atoms with van der Waals surface area (Å²) in [6.07, 6.45) is 8.08. The van der Waals surface area contributed by atoms with E-state index in [1.54, 1.807) is 37.3 Å². The van der Waals surface area contributed by atoms with Crippen LogP contribution in [-0.2, 0) is 9.53 Å². The maximum Gasteiger partial charge on any atom is 0.380 e. The summed E-state index contributed by atoms with van der Waals surface area (Å²) < 4.78 is 5.27. The van der Waals surface area contributed by atoms with Gasteiger partial charge in [-0.3, -0.25) is 4.79 Å². The molecular formula is C21H26O3. The Balaban J connectivity index is 1.98. The van der Waals surface area contributed by atoms with E-state index < -0.39 is 17.9 Å². The van der Waals surface area contributed by atoms with Crippen LogP contribution in [-0.4, -0.2) is 17.9 Å². The Labute approximate surface area is 144 Å². The van der Waals surface area contributed by atoms with Gasteiger partial charge in [-0.2, -0.15) is 0 Å². The standard InChI is InChI=1S/C21H26O3/c1-15-9-8-14-21(3,4)18(15)13-12-16(2)24-20(23)19(22)17-10-6-5-7-11-17/h5-7,9-13,16,18H,8,14H2,1-4H3. The van der Waals surface area contributed by atoms with Crippen molar-refractivity contribution in [3.05, 3.63) is 59.7 Å². The van der Waals surface area contributed by atoms with Crippen LogP contribution >= 0.6 is 0 Å². The van der Waals surface area contributed by atoms with E-state index in [9.17, 15) is 9.59 Å². The Hall–Kier alpha value is -2.16. The zero-order valence-corrected chi connectivity index (χ0v) is 14.9. The number of esters is 1. The number of allylic oxidation sites excluding steroid dienone is 3. The van der Waals surface area contributed by atoms with Crippen LogP contribution in [0.15, 0.2) is 54.1 Å². The fourth-order valence-corrected chi connectivity index (χ4v) is 3.22. The van der Waals surface area contributed by atoms with Crippen LogP contribution < -0.4 is 0 Å². The third kappa shape index (κ3) is 4.44. The minimum absolute atomic E-state index is 0.193. The van der Waals surface area contributed by atoms with E-state index in [2.05, 4.69) is 32.9 Å². The number of Topliss-reactive ketones (excluding diaryl/α,β-unsaturated/α-hetero) is 1. The molecule has 24 heavy (non-hydrogen) atoms. The van der Waals surface area contributed by atoms with Gasteiger partial charge in [0.1, 0.15) is 6.10 Å². The second-order valence-corrected chi connectivity index (χ2v) is 7.14. The number of rotatable bonds is 5. The number of hydrogen-bond acceptors (Lipinski definition) is 3. The van der Waals surface area contributed by atoms with Crippen molar-refractivity contribution < 1.29 is 14.3 Å². The molecule has 3 nitrogen and oxygen atoms in total. The first-order valence-corrected chi connectivity index (χ1v) is 8.46. The van der Waals surface area contributed by atoms with E-state index in [0.29, 0.717) is 11.5 Å². The molecule has 0 spiro atoms. The average Bonchev–Trinajstić information content (AvgIpc) is 2.53. The van der Waals surface area contributed by atoms with Crippen molar-refractivity contribution in [2.45, 2.75) is 46.6 Å². The minimum Gasteiger partial charge on any atom is -0.452 e. The summed E-state index contributed by atoms with van der Waals surface area (Å²) in [5.74, 6) is -1.09. The van der Waals surface area contributed by atoms with Gasteiger partial charge in [-0.05, 0) is 38.2 Å². The summed E-state index contributed by atoms with van der Waals surface area (Å²) in [5, 5.41) is 0. The minimum atomic E-state index is -0.812. The van der Waals surface area contributed by atoms with Crippen LogP contribution in [0.2, 0.25) is 0 Å². The molecule has 0 aliphatic heterocycles. The van der Waals surface area contributed by atoms with Crippen molar-refractivity contribution in [2.24, 2.45) is 11.3 Å². The summed E-state index contributed by atoms with van der Waals surface area (Å²) in [5.41, 5.74) is 1.89. The van der Waals surface area contributed by atoms with E-state index in [1.165, 1.54) is 5.57 Å². The Morgan fingerprint density at radius 2 is 1.92 bits per heavy atom. The summed E-state index contributed by atoms with van der Waals surface area (Å²) in [6.45, 7) is 8.44. The molecule has 0 amide bonds. The summed E-state index contributed by atoms with van der Waals surface area (Å²) in [4.78, 5) is 24.0. The summed E-state index contributed by atoms with van der Waals surface area (Å²) in [7, 11) is 0. The molecule has 0 saturated carbocycles. The van der Waals surface area contributed by atoms with Crippen molar-refractivity contribution >= 4 is 11.8 Å². The molecule has 1 aliphatic carbocycles. The first kappa shape index (κ1) is 18.2. The lowest BCUT2D eigenvalue weighted by Crippen LogP contribution is -2.27. The third-order valence-electron chi connectivity index (χ3n) is 4.68. The maximum absolute atomic E-state index is 12.0. The monoisotopic (exact) mass is 326 g/mol. The van der Waals surface area contributed by atoms with E-state index in [0.717, 1.165) is 12.8 Å². The lowest BCUT2D eigenvalue weighted by molar-refractivity contribution is -0.140. The van der Waals surface area contributed by atoms with Crippen molar-refractivity contribution in [2.75, 3.05) is 0 Å². The number of ketones is 1. The zero-order chi connectivity index (χ0) is 17.7. The molecule has 1 aromatic rings. The second kappa shape index (κ2) is 7.61. The van der Waals surface area contributed by atoms with Gasteiger partial charge in [0.15, 0.2) is 0 Å². The van der Waals surface area contributed by atoms with Gasteiger partial charge in [0.05, 0.1) is 0 Å². The van der Waals surface area contributed by atoms with Gasteiger partial charge in [-0.25, -0.2) is 4.79 Å². The molecule has 128 valence electrons. The van der Waals surface area contributed by atoms with Gasteiger partial charge in [0, 0.05) is 11.5 Å².